The van der Waals surface area contributed by atoms with Crippen LogP contribution >= 0.6 is 11.6 Å². The third-order valence-corrected chi connectivity index (χ3v) is 5.70. The number of anilines is 1. The van der Waals surface area contributed by atoms with Crippen LogP contribution in [0, 0.1) is 18.3 Å². The number of fused-ring (bicyclic) bond motifs is 2. The van der Waals surface area contributed by atoms with Crippen LogP contribution in [-0.2, 0) is 0 Å². The van der Waals surface area contributed by atoms with E-state index in [-0.39, 0.29) is 6.10 Å². The van der Waals surface area contributed by atoms with Crippen molar-refractivity contribution in [1.29, 1.82) is 5.26 Å². The third kappa shape index (κ3) is 3.19. The van der Waals surface area contributed by atoms with Gasteiger partial charge in [-0.25, -0.2) is 0 Å². The maximum Gasteiger partial charge on any atom is 0.121 e. The predicted octanol–water partition coefficient (Wildman–Crippen LogP) is 5.10. The Morgan fingerprint density at radius 2 is 1.76 bits per heavy atom. The van der Waals surface area contributed by atoms with Crippen LogP contribution in [0.15, 0.2) is 42.5 Å². The highest BCUT2D eigenvalue weighted by Gasteiger charge is 2.41. The van der Waals surface area contributed by atoms with E-state index in [0.29, 0.717) is 22.7 Å². The maximum absolute atomic E-state index is 8.98. The fraction of sp³-hybridized carbons (Fsp3) is 0.381. The van der Waals surface area contributed by atoms with E-state index in [1.165, 1.54) is 24.1 Å². The van der Waals surface area contributed by atoms with E-state index in [1.54, 1.807) is 12.1 Å². The zero-order chi connectivity index (χ0) is 17.4. The molecule has 0 aliphatic carbocycles. The van der Waals surface area contributed by atoms with Crippen molar-refractivity contribution in [2.75, 3.05) is 4.90 Å². The van der Waals surface area contributed by atoms with Gasteiger partial charge < -0.3 is 9.64 Å². The lowest BCUT2D eigenvalue weighted by atomic mass is 9.98. The summed E-state index contributed by atoms with van der Waals surface area (Å²) in [4.78, 5) is 2.59. The predicted molar refractivity (Wildman–Crippen MR) is 100 cm³/mol. The zero-order valence-corrected chi connectivity index (χ0v) is 15.0. The van der Waals surface area contributed by atoms with Crippen molar-refractivity contribution in [3.63, 3.8) is 0 Å². The van der Waals surface area contributed by atoms with Gasteiger partial charge in [-0.2, -0.15) is 5.26 Å². The molecule has 2 fully saturated rings. The van der Waals surface area contributed by atoms with Crippen LogP contribution in [0.4, 0.5) is 5.69 Å². The van der Waals surface area contributed by atoms with Gasteiger partial charge in [-0.3, -0.25) is 0 Å². The van der Waals surface area contributed by atoms with Gasteiger partial charge >= 0.3 is 0 Å². The minimum absolute atomic E-state index is 0.211. The lowest BCUT2D eigenvalue weighted by Crippen LogP contribution is -2.46. The minimum Gasteiger partial charge on any atom is -0.490 e. The molecule has 0 spiro atoms. The standard InChI is InChI=1S/C21H21ClN2O/c1-14-2-5-16(6-3-14)24-17-7-8-18(24)11-20(10-17)25-19-9-4-15(13-23)21(22)12-19/h2-6,9,12,17-18,20H,7-8,10-11H2,1H3. The van der Waals surface area contributed by atoms with Crippen LogP contribution < -0.4 is 9.64 Å². The minimum atomic E-state index is 0.211. The lowest BCUT2D eigenvalue weighted by Gasteiger charge is -2.40. The Labute approximate surface area is 153 Å². The van der Waals surface area contributed by atoms with E-state index in [2.05, 4.69) is 42.2 Å². The number of benzene rings is 2. The van der Waals surface area contributed by atoms with Gasteiger partial charge in [0.05, 0.1) is 10.6 Å². The fourth-order valence-electron chi connectivity index (χ4n) is 4.21. The molecular formula is C21H21ClN2O. The molecule has 3 nitrogen and oxygen atoms in total. The summed E-state index contributed by atoms with van der Waals surface area (Å²) in [6.45, 7) is 2.13. The monoisotopic (exact) mass is 352 g/mol. The summed E-state index contributed by atoms with van der Waals surface area (Å²) in [7, 11) is 0. The summed E-state index contributed by atoms with van der Waals surface area (Å²) in [5.74, 6) is 0.761. The molecule has 2 aliphatic rings. The van der Waals surface area contributed by atoms with Crippen molar-refractivity contribution in [3.8, 4) is 11.8 Å². The van der Waals surface area contributed by atoms with E-state index in [0.717, 1.165) is 18.6 Å². The molecular weight excluding hydrogens is 332 g/mol. The van der Waals surface area contributed by atoms with E-state index in [4.69, 9.17) is 21.6 Å². The topological polar surface area (TPSA) is 36.3 Å². The Kier molecular flexibility index (Phi) is 4.31. The van der Waals surface area contributed by atoms with Gasteiger partial charge in [0.25, 0.3) is 0 Å². The van der Waals surface area contributed by atoms with Crippen LogP contribution in [0.25, 0.3) is 0 Å². The zero-order valence-electron chi connectivity index (χ0n) is 14.3. The van der Waals surface area contributed by atoms with Crippen molar-refractivity contribution in [3.05, 3.63) is 58.6 Å². The highest BCUT2D eigenvalue weighted by Crippen LogP contribution is 2.40. The molecule has 2 aliphatic heterocycles. The van der Waals surface area contributed by atoms with Crippen molar-refractivity contribution in [1.82, 2.24) is 0 Å². The average Bonchev–Trinajstić information content (AvgIpc) is 2.87. The number of halogens is 1. The molecule has 25 heavy (non-hydrogen) atoms. The van der Waals surface area contributed by atoms with Crippen LogP contribution in [-0.4, -0.2) is 18.2 Å². The molecule has 2 heterocycles. The summed E-state index contributed by atoms with van der Waals surface area (Å²) in [6.07, 6.45) is 4.73. The van der Waals surface area contributed by atoms with Gasteiger partial charge in [-0.1, -0.05) is 29.3 Å². The first-order valence-corrected chi connectivity index (χ1v) is 9.23. The van der Waals surface area contributed by atoms with Gasteiger partial charge in [0, 0.05) is 36.7 Å². The Morgan fingerprint density at radius 3 is 2.36 bits per heavy atom. The van der Waals surface area contributed by atoms with Crippen molar-refractivity contribution >= 4 is 17.3 Å². The molecule has 2 bridgehead atoms. The molecule has 0 aromatic heterocycles. The van der Waals surface area contributed by atoms with Crippen LogP contribution in [0.2, 0.25) is 5.02 Å². The smallest absolute Gasteiger partial charge is 0.121 e. The van der Waals surface area contributed by atoms with Gasteiger partial charge in [-0.05, 0) is 44.0 Å². The molecule has 4 heteroatoms. The summed E-state index contributed by atoms with van der Waals surface area (Å²) in [6, 6.07) is 17.4. The van der Waals surface area contributed by atoms with E-state index in [1.807, 2.05) is 6.07 Å². The second kappa shape index (κ2) is 6.61. The summed E-state index contributed by atoms with van der Waals surface area (Å²) in [5.41, 5.74) is 3.12. The van der Waals surface area contributed by atoms with Gasteiger partial charge in [-0.15, -0.1) is 0 Å². The Balaban J connectivity index is 1.47. The molecule has 2 atom stereocenters. The summed E-state index contributed by atoms with van der Waals surface area (Å²) >= 11 is 6.12. The Bertz CT molecular complexity index is 798. The number of piperidine rings is 1. The summed E-state index contributed by atoms with van der Waals surface area (Å²) < 4.78 is 6.20. The number of hydrogen-bond donors (Lipinski definition) is 0. The van der Waals surface area contributed by atoms with Crippen molar-refractivity contribution < 1.29 is 4.74 Å². The van der Waals surface area contributed by atoms with Gasteiger partial charge in [0.15, 0.2) is 0 Å². The third-order valence-electron chi connectivity index (χ3n) is 5.39. The van der Waals surface area contributed by atoms with E-state index >= 15 is 0 Å². The fourth-order valence-corrected chi connectivity index (χ4v) is 4.43. The van der Waals surface area contributed by atoms with Gasteiger partial charge in [0.2, 0.25) is 0 Å². The number of rotatable bonds is 3. The molecule has 128 valence electrons. The molecule has 2 unspecified atom stereocenters. The molecule has 0 N–H and O–H groups in total. The Morgan fingerprint density at radius 1 is 1.08 bits per heavy atom. The molecule has 0 radical (unpaired) electrons. The van der Waals surface area contributed by atoms with E-state index < -0.39 is 0 Å². The number of nitrogens with zero attached hydrogens (tertiary/aromatic N) is 2. The SMILES string of the molecule is Cc1ccc(N2C3CCC2CC(Oc2ccc(C#N)c(Cl)c2)C3)cc1. The lowest BCUT2D eigenvalue weighted by molar-refractivity contribution is 0.150. The molecule has 2 aromatic carbocycles. The van der Waals surface area contributed by atoms with Crippen molar-refractivity contribution in [2.45, 2.75) is 50.8 Å². The molecule has 0 saturated carbocycles. The number of nitriles is 1. The highest BCUT2D eigenvalue weighted by atomic mass is 35.5. The second-order valence-electron chi connectivity index (χ2n) is 7.09. The van der Waals surface area contributed by atoms with Crippen LogP contribution in [0.5, 0.6) is 5.75 Å². The summed E-state index contributed by atoms with van der Waals surface area (Å²) in [5, 5.41) is 9.44. The molecule has 0 amide bonds. The first kappa shape index (κ1) is 16.3. The first-order chi connectivity index (χ1) is 12.1. The first-order valence-electron chi connectivity index (χ1n) is 8.85. The van der Waals surface area contributed by atoms with Gasteiger partial charge in [0.1, 0.15) is 17.9 Å². The maximum atomic E-state index is 8.98. The van der Waals surface area contributed by atoms with Crippen LogP contribution in [0.3, 0.4) is 0 Å². The largest absolute Gasteiger partial charge is 0.490 e. The quantitative estimate of drug-likeness (QED) is 0.771. The van der Waals surface area contributed by atoms with Crippen molar-refractivity contribution in [2.24, 2.45) is 0 Å². The average molecular weight is 353 g/mol. The normalized spacial score (nSPS) is 24.8. The van der Waals surface area contributed by atoms with Crippen LogP contribution in [0.1, 0.15) is 36.8 Å². The number of hydrogen-bond acceptors (Lipinski definition) is 3. The number of aryl methyl sites for hydroxylation is 1. The second-order valence-corrected chi connectivity index (χ2v) is 7.50. The molecule has 2 aromatic rings. The van der Waals surface area contributed by atoms with E-state index in [9.17, 15) is 0 Å². The molecule has 4 rings (SSSR count). The Hall–Kier alpha value is -2.18. The molecule has 2 saturated heterocycles. The highest BCUT2D eigenvalue weighted by molar-refractivity contribution is 6.31. The number of ether oxygens (including phenoxy) is 1.